The molecule has 4 heteroatoms. The number of aliphatic hydroxyl groups is 1. The zero-order valence-electron chi connectivity index (χ0n) is 9.15. The van der Waals surface area contributed by atoms with E-state index in [2.05, 4.69) is 9.88 Å². The first-order valence-corrected chi connectivity index (χ1v) is 6.35. The van der Waals surface area contributed by atoms with E-state index in [9.17, 15) is 0 Å². The zero-order chi connectivity index (χ0) is 10.7. The fraction of sp³-hybridized carbons (Fsp3) is 0.727. The molecule has 0 aliphatic heterocycles. The third kappa shape index (κ3) is 2.77. The molecule has 2 rings (SSSR count). The van der Waals surface area contributed by atoms with E-state index in [1.807, 2.05) is 24.6 Å². The van der Waals surface area contributed by atoms with Crippen molar-refractivity contribution in [3.05, 3.63) is 16.1 Å². The van der Waals surface area contributed by atoms with Crippen LogP contribution in [0.25, 0.3) is 0 Å². The molecule has 1 saturated carbocycles. The van der Waals surface area contributed by atoms with Crippen molar-refractivity contribution < 1.29 is 5.11 Å². The summed E-state index contributed by atoms with van der Waals surface area (Å²) in [5.74, 6) is 0.742. The van der Waals surface area contributed by atoms with Gasteiger partial charge in [0.15, 0.2) is 0 Å². The van der Waals surface area contributed by atoms with Crippen LogP contribution in [0.1, 0.15) is 35.1 Å². The highest BCUT2D eigenvalue weighted by molar-refractivity contribution is 7.11. The van der Waals surface area contributed by atoms with Crippen molar-refractivity contribution in [2.45, 2.75) is 31.7 Å². The fourth-order valence-corrected chi connectivity index (χ4v) is 2.92. The van der Waals surface area contributed by atoms with Gasteiger partial charge in [-0.1, -0.05) is 6.42 Å². The van der Waals surface area contributed by atoms with Gasteiger partial charge in [0.2, 0.25) is 0 Å². The zero-order valence-corrected chi connectivity index (χ0v) is 9.96. The molecule has 0 amide bonds. The quantitative estimate of drug-likeness (QED) is 0.832. The van der Waals surface area contributed by atoms with Gasteiger partial charge in [0, 0.05) is 30.1 Å². The lowest BCUT2D eigenvalue weighted by Crippen LogP contribution is -2.20. The van der Waals surface area contributed by atoms with E-state index >= 15 is 0 Å². The number of likely N-dealkylation sites (N-methyl/N-ethyl adjacent to an activating group) is 1. The Morgan fingerprint density at radius 1 is 1.60 bits per heavy atom. The first-order valence-electron chi connectivity index (χ1n) is 5.53. The van der Waals surface area contributed by atoms with Crippen molar-refractivity contribution in [2.24, 2.45) is 0 Å². The first-order chi connectivity index (χ1) is 7.29. The molecule has 1 aliphatic rings. The average molecular weight is 226 g/mol. The van der Waals surface area contributed by atoms with E-state index in [-0.39, 0.29) is 6.61 Å². The number of rotatable bonds is 5. The Bertz CT molecular complexity index is 309. The van der Waals surface area contributed by atoms with Crippen LogP contribution in [0.15, 0.2) is 6.20 Å². The summed E-state index contributed by atoms with van der Waals surface area (Å²) >= 11 is 1.84. The molecule has 0 bridgehead atoms. The third-order valence-electron chi connectivity index (χ3n) is 2.93. The molecule has 1 heterocycles. The summed E-state index contributed by atoms with van der Waals surface area (Å²) < 4.78 is 0. The number of hydrogen-bond donors (Lipinski definition) is 1. The minimum Gasteiger partial charge on any atom is -0.395 e. The van der Waals surface area contributed by atoms with Crippen molar-refractivity contribution in [3.8, 4) is 0 Å². The highest BCUT2D eigenvalue weighted by Crippen LogP contribution is 2.38. The number of nitrogens with zero attached hydrogens (tertiary/aromatic N) is 2. The minimum atomic E-state index is 0.227. The fourth-order valence-electron chi connectivity index (χ4n) is 1.76. The molecule has 0 spiro atoms. The predicted molar refractivity (Wildman–Crippen MR) is 62.1 cm³/mol. The molecule has 0 unspecified atom stereocenters. The van der Waals surface area contributed by atoms with Gasteiger partial charge in [0.05, 0.1) is 11.6 Å². The van der Waals surface area contributed by atoms with Crippen LogP contribution in [0, 0.1) is 0 Å². The maximum atomic E-state index is 8.80. The van der Waals surface area contributed by atoms with Gasteiger partial charge in [-0.3, -0.25) is 4.90 Å². The summed E-state index contributed by atoms with van der Waals surface area (Å²) in [4.78, 5) is 7.92. The monoisotopic (exact) mass is 226 g/mol. The normalized spacial score (nSPS) is 17.0. The Labute approximate surface area is 94.8 Å². The summed E-state index contributed by atoms with van der Waals surface area (Å²) in [6.45, 7) is 1.87. The molecule has 0 atom stereocenters. The van der Waals surface area contributed by atoms with Gasteiger partial charge >= 0.3 is 0 Å². The van der Waals surface area contributed by atoms with E-state index in [0.717, 1.165) is 19.0 Å². The van der Waals surface area contributed by atoms with Crippen LogP contribution >= 0.6 is 11.3 Å². The van der Waals surface area contributed by atoms with Crippen LogP contribution < -0.4 is 0 Å². The molecule has 1 N–H and O–H groups in total. The molecule has 1 fully saturated rings. The van der Waals surface area contributed by atoms with Crippen molar-refractivity contribution in [1.29, 1.82) is 0 Å². The number of thiazole rings is 1. The molecule has 0 aromatic carbocycles. The van der Waals surface area contributed by atoms with E-state index in [4.69, 9.17) is 5.11 Å². The number of aromatic nitrogens is 1. The van der Waals surface area contributed by atoms with Crippen LogP contribution in [0.2, 0.25) is 0 Å². The summed E-state index contributed by atoms with van der Waals surface area (Å²) in [5, 5.41) is 10.1. The molecule has 1 aromatic heterocycles. The van der Waals surface area contributed by atoms with Crippen molar-refractivity contribution in [3.63, 3.8) is 0 Å². The van der Waals surface area contributed by atoms with Gasteiger partial charge in [-0.25, -0.2) is 4.98 Å². The summed E-state index contributed by atoms with van der Waals surface area (Å²) in [5.41, 5.74) is 0. The minimum absolute atomic E-state index is 0.227. The predicted octanol–water partition coefficient (Wildman–Crippen LogP) is 1.83. The first kappa shape index (κ1) is 11.0. The smallest absolute Gasteiger partial charge is 0.0959 e. The highest BCUT2D eigenvalue weighted by atomic mass is 32.1. The van der Waals surface area contributed by atoms with Crippen LogP contribution in [-0.2, 0) is 6.54 Å². The van der Waals surface area contributed by atoms with E-state index < -0.39 is 0 Å². The Hall–Kier alpha value is -0.450. The molecule has 15 heavy (non-hydrogen) atoms. The average Bonchev–Trinajstić information content (AvgIpc) is 2.50. The van der Waals surface area contributed by atoms with Gasteiger partial charge in [0.1, 0.15) is 0 Å². The van der Waals surface area contributed by atoms with Gasteiger partial charge in [-0.05, 0) is 19.9 Å². The van der Waals surface area contributed by atoms with Gasteiger partial charge in [-0.2, -0.15) is 0 Å². The molecule has 1 aliphatic carbocycles. The molecular weight excluding hydrogens is 208 g/mol. The maximum absolute atomic E-state index is 8.80. The summed E-state index contributed by atoms with van der Waals surface area (Å²) in [6.07, 6.45) is 6.00. The second-order valence-electron chi connectivity index (χ2n) is 4.25. The SMILES string of the molecule is CN(CCO)Cc1cnc(C2CCC2)s1. The highest BCUT2D eigenvalue weighted by Gasteiger charge is 2.22. The van der Waals surface area contributed by atoms with Crippen LogP contribution in [0.3, 0.4) is 0 Å². The summed E-state index contributed by atoms with van der Waals surface area (Å²) in [7, 11) is 2.03. The molecule has 1 aromatic rings. The van der Waals surface area contributed by atoms with Crippen LogP contribution in [0.5, 0.6) is 0 Å². The second kappa shape index (κ2) is 5.05. The van der Waals surface area contributed by atoms with E-state index in [1.54, 1.807) is 0 Å². The third-order valence-corrected chi connectivity index (χ3v) is 4.08. The maximum Gasteiger partial charge on any atom is 0.0959 e. The van der Waals surface area contributed by atoms with E-state index in [1.165, 1.54) is 29.1 Å². The lowest BCUT2D eigenvalue weighted by Gasteiger charge is -2.22. The van der Waals surface area contributed by atoms with Gasteiger partial charge < -0.3 is 5.11 Å². The molecule has 0 radical (unpaired) electrons. The standard InChI is InChI=1S/C11H18N2OS/c1-13(5-6-14)8-10-7-12-11(15-10)9-3-2-4-9/h7,9,14H,2-6,8H2,1H3. The lowest BCUT2D eigenvalue weighted by atomic mass is 9.86. The molecule has 0 saturated heterocycles. The summed E-state index contributed by atoms with van der Waals surface area (Å²) in [6, 6.07) is 0. The van der Waals surface area contributed by atoms with Crippen molar-refractivity contribution in [2.75, 3.05) is 20.2 Å². The van der Waals surface area contributed by atoms with Gasteiger partial charge in [-0.15, -0.1) is 11.3 Å². The Balaban J connectivity index is 1.88. The van der Waals surface area contributed by atoms with Crippen molar-refractivity contribution in [1.82, 2.24) is 9.88 Å². The van der Waals surface area contributed by atoms with Crippen LogP contribution in [0.4, 0.5) is 0 Å². The number of hydrogen-bond acceptors (Lipinski definition) is 4. The Morgan fingerprint density at radius 2 is 2.40 bits per heavy atom. The number of aliphatic hydroxyl groups excluding tert-OH is 1. The second-order valence-corrected chi connectivity index (χ2v) is 5.40. The Morgan fingerprint density at radius 3 is 3.00 bits per heavy atom. The van der Waals surface area contributed by atoms with Crippen LogP contribution in [-0.4, -0.2) is 35.2 Å². The topological polar surface area (TPSA) is 36.4 Å². The molecule has 3 nitrogen and oxygen atoms in total. The molecular formula is C11H18N2OS. The molecule has 84 valence electrons. The van der Waals surface area contributed by atoms with E-state index in [0.29, 0.717) is 0 Å². The van der Waals surface area contributed by atoms with Gasteiger partial charge in [0.25, 0.3) is 0 Å². The van der Waals surface area contributed by atoms with Crippen molar-refractivity contribution >= 4 is 11.3 Å². The lowest BCUT2D eigenvalue weighted by molar-refractivity contribution is 0.218. The largest absolute Gasteiger partial charge is 0.395 e. The Kier molecular flexibility index (Phi) is 3.72.